The summed E-state index contributed by atoms with van der Waals surface area (Å²) in [5, 5.41) is 0. The predicted molar refractivity (Wildman–Crippen MR) is 51.8 cm³/mol. The van der Waals surface area contributed by atoms with Gasteiger partial charge in [0.15, 0.2) is 0 Å². The van der Waals surface area contributed by atoms with E-state index in [1.165, 1.54) is 12.8 Å². The minimum atomic E-state index is 0.242. The number of Topliss-reactive ketones (excluding diaryl/α,β-unsaturated/α-hetero) is 1. The highest BCUT2D eigenvalue weighted by molar-refractivity contribution is 5.75. The lowest BCUT2D eigenvalue weighted by Gasteiger charge is -2.07. The largest absolute Gasteiger partial charge is 0.300 e. The zero-order chi connectivity index (χ0) is 9.40. The van der Waals surface area contributed by atoms with Gasteiger partial charge in [-0.2, -0.15) is 0 Å². The van der Waals surface area contributed by atoms with Crippen LogP contribution in [0.1, 0.15) is 46.0 Å². The molecule has 0 saturated heterocycles. The Bertz CT molecular complexity index is 164. The van der Waals surface area contributed by atoms with E-state index >= 15 is 0 Å². The Kier molecular flexibility index (Phi) is 6.47. The Hall–Kier alpha value is -0.770. The molecule has 0 aromatic heterocycles. The second kappa shape index (κ2) is 6.91. The minimum absolute atomic E-state index is 0.242. The number of ketones is 1. The third kappa shape index (κ3) is 5.97. The fourth-order valence-electron chi connectivity index (χ4n) is 1.14. The Morgan fingerprint density at radius 2 is 2.17 bits per heavy atom. The highest BCUT2D eigenvalue weighted by Gasteiger charge is 2.05. The van der Waals surface area contributed by atoms with Crippen molar-refractivity contribution in [3.05, 3.63) is 0 Å². The second-order valence-electron chi connectivity index (χ2n) is 3.25. The maximum absolute atomic E-state index is 10.7. The molecule has 0 aliphatic heterocycles. The topological polar surface area (TPSA) is 17.1 Å². The average molecular weight is 166 g/mol. The first-order valence-electron chi connectivity index (χ1n) is 4.66. The monoisotopic (exact) mass is 166 g/mol. The van der Waals surface area contributed by atoms with E-state index < -0.39 is 0 Å². The molecule has 1 nitrogen and oxygen atoms in total. The van der Waals surface area contributed by atoms with Crippen molar-refractivity contribution in [1.29, 1.82) is 0 Å². The zero-order valence-corrected chi connectivity index (χ0v) is 8.10. The van der Waals surface area contributed by atoms with Crippen LogP contribution in [-0.4, -0.2) is 5.78 Å². The van der Waals surface area contributed by atoms with Crippen LogP contribution >= 0.6 is 0 Å². The minimum Gasteiger partial charge on any atom is -0.300 e. The molecule has 0 aliphatic carbocycles. The normalized spacial score (nSPS) is 12.1. The van der Waals surface area contributed by atoms with Crippen LogP contribution in [0, 0.1) is 18.3 Å². The fourth-order valence-corrected chi connectivity index (χ4v) is 1.14. The van der Waals surface area contributed by atoms with Gasteiger partial charge in [0.05, 0.1) is 0 Å². The van der Waals surface area contributed by atoms with Gasteiger partial charge in [-0.1, -0.05) is 19.8 Å². The molecule has 1 unspecified atom stereocenters. The maximum Gasteiger partial charge on any atom is 0.129 e. The Labute approximate surface area is 75.5 Å². The van der Waals surface area contributed by atoms with Crippen LogP contribution in [0.5, 0.6) is 0 Å². The number of carbonyl (C=O) groups is 1. The molecule has 1 heteroatoms. The van der Waals surface area contributed by atoms with E-state index in [2.05, 4.69) is 12.8 Å². The summed E-state index contributed by atoms with van der Waals surface area (Å²) in [7, 11) is 0. The van der Waals surface area contributed by atoms with Crippen LogP contribution in [-0.2, 0) is 4.79 Å². The lowest BCUT2D eigenvalue weighted by atomic mass is 9.97. The van der Waals surface area contributed by atoms with E-state index in [9.17, 15) is 4.79 Å². The standard InChI is InChI=1S/C11H18O/c1-4-6-7-11(5-2)9-8-10(3)12/h2,11H,4,6-9H2,1,3H3. The van der Waals surface area contributed by atoms with Crippen LogP contribution in [0.3, 0.4) is 0 Å². The molecule has 0 bridgehead atoms. The molecular weight excluding hydrogens is 148 g/mol. The molecule has 68 valence electrons. The first-order chi connectivity index (χ1) is 5.70. The highest BCUT2D eigenvalue weighted by atomic mass is 16.1. The molecule has 0 amide bonds. The van der Waals surface area contributed by atoms with Crippen molar-refractivity contribution >= 4 is 5.78 Å². The summed E-state index contributed by atoms with van der Waals surface area (Å²) in [6.07, 6.45) is 10.3. The summed E-state index contributed by atoms with van der Waals surface area (Å²) >= 11 is 0. The van der Waals surface area contributed by atoms with E-state index in [0.29, 0.717) is 12.3 Å². The van der Waals surface area contributed by atoms with Gasteiger partial charge in [0.1, 0.15) is 5.78 Å². The Balaban J connectivity index is 3.55. The lowest BCUT2D eigenvalue weighted by molar-refractivity contribution is -0.117. The van der Waals surface area contributed by atoms with E-state index in [4.69, 9.17) is 6.42 Å². The highest BCUT2D eigenvalue weighted by Crippen LogP contribution is 2.13. The lowest BCUT2D eigenvalue weighted by Crippen LogP contribution is -2.00. The number of carbonyl (C=O) groups excluding carboxylic acids is 1. The Morgan fingerprint density at radius 3 is 2.58 bits per heavy atom. The smallest absolute Gasteiger partial charge is 0.129 e. The van der Waals surface area contributed by atoms with Crippen molar-refractivity contribution in [1.82, 2.24) is 0 Å². The van der Waals surface area contributed by atoms with Gasteiger partial charge in [0.2, 0.25) is 0 Å². The number of terminal acetylenes is 1. The van der Waals surface area contributed by atoms with Crippen molar-refractivity contribution < 1.29 is 4.79 Å². The summed E-state index contributed by atoms with van der Waals surface area (Å²) in [6, 6.07) is 0. The van der Waals surface area contributed by atoms with Crippen LogP contribution in [0.4, 0.5) is 0 Å². The molecule has 0 N–H and O–H groups in total. The van der Waals surface area contributed by atoms with Crippen LogP contribution < -0.4 is 0 Å². The van der Waals surface area contributed by atoms with E-state index in [0.717, 1.165) is 12.8 Å². The molecule has 0 heterocycles. The molecule has 0 aliphatic rings. The average Bonchev–Trinajstić information content (AvgIpc) is 2.05. The third-order valence-corrected chi connectivity index (χ3v) is 1.99. The molecule has 12 heavy (non-hydrogen) atoms. The SMILES string of the molecule is C#CC(CCCC)CCC(C)=O. The first kappa shape index (κ1) is 11.2. The molecular formula is C11H18O. The molecule has 0 spiro atoms. The second-order valence-corrected chi connectivity index (χ2v) is 3.25. The quantitative estimate of drug-likeness (QED) is 0.554. The van der Waals surface area contributed by atoms with Gasteiger partial charge in [-0.25, -0.2) is 0 Å². The number of hydrogen-bond acceptors (Lipinski definition) is 1. The van der Waals surface area contributed by atoms with E-state index in [-0.39, 0.29) is 5.78 Å². The van der Waals surface area contributed by atoms with Crippen LogP contribution in [0.15, 0.2) is 0 Å². The summed E-state index contributed by atoms with van der Waals surface area (Å²) < 4.78 is 0. The van der Waals surface area contributed by atoms with Gasteiger partial charge < -0.3 is 4.79 Å². The molecule has 0 rings (SSSR count). The van der Waals surface area contributed by atoms with Crippen LogP contribution in [0.25, 0.3) is 0 Å². The summed E-state index contributed by atoms with van der Waals surface area (Å²) in [5.74, 6) is 3.30. The zero-order valence-electron chi connectivity index (χ0n) is 8.10. The van der Waals surface area contributed by atoms with Gasteiger partial charge in [-0.15, -0.1) is 12.3 Å². The fraction of sp³-hybridized carbons (Fsp3) is 0.727. The molecule has 0 fully saturated rings. The maximum atomic E-state index is 10.7. The predicted octanol–water partition coefficient (Wildman–Crippen LogP) is 2.80. The summed E-state index contributed by atoms with van der Waals surface area (Å²) in [5.41, 5.74) is 0. The molecule has 0 aromatic rings. The van der Waals surface area contributed by atoms with Crippen molar-refractivity contribution in [2.24, 2.45) is 5.92 Å². The van der Waals surface area contributed by atoms with Gasteiger partial charge in [-0.05, 0) is 19.8 Å². The van der Waals surface area contributed by atoms with Gasteiger partial charge in [0.25, 0.3) is 0 Å². The van der Waals surface area contributed by atoms with Crippen molar-refractivity contribution in [3.8, 4) is 12.3 Å². The van der Waals surface area contributed by atoms with Gasteiger partial charge >= 0.3 is 0 Å². The van der Waals surface area contributed by atoms with Crippen molar-refractivity contribution in [3.63, 3.8) is 0 Å². The molecule has 0 radical (unpaired) electrons. The van der Waals surface area contributed by atoms with Crippen LogP contribution in [0.2, 0.25) is 0 Å². The van der Waals surface area contributed by atoms with E-state index in [1.54, 1.807) is 6.92 Å². The third-order valence-electron chi connectivity index (χ3n) is 1.99. The molecule has 0 aromatic carbocycles. The Morgan fingerprint density at radius 1 is 1.50 bits per heavy atom. The van der Waals surface area contributed by atoms with Gasteiger partial charge in [0, 0.05) is 12.3 Å². The van der Waals surface area contributed by atoms with Crippen molar-refractivity contribution in [2.75, 3.05) is 0 Å². The molecule has 1 atom stereocenters. The number of hydrogen-bond donors (Lipinski definition) is 0. The summed E-state index contributed by atoms with van der Waals surface area (Å²) in [6.45, 7) is 3.77. The number of rotatable bonds is 6. The van der Waals surface area contributed by atoms with E-state index in [1.807, 2.05) is 0 Å². The number of unbranched alkanes of at least 4 members (excludes halogenated alkanes) is 1. The van der Waals surface area contributed by atoms with Crippen molar-refractivity contribution in [2.45, 2.75) is 46.0 Å². The van der Waals surface area contributed by atoms with Gasteiger partial charge in [-0.3, -0.25) is 0 Å². The molecule has 0 saturated carbocycles. The first-order valence-corrected chi connectivity index (χ1v) is 4.66. The summed E-state index contributed by atoms with van der Waals surface area (Å²) in [4.78, 5) is 10.7.